The Hall–Kier alpha value is -2.18. The number of aromatic carboxylic acids is 1. The van der Waals surface area contributed by atoms with Crippen LogP contribution in [-0.2, 0) is 0 Å². The number of hydrogen-bond acceptors (Lipinski definition) is 5. The van der Waals surface area contributed by atoms with Gasteiger partial charge in [0.15, 0.2) is 0 Å². The summed E-state index contributed by atoms with van der Waals surface area (Å²) in [5.41, 5.74) is -0.862. The van der Waals surface area contributed by atoms with Crippen LogP contribution in [0.2, 0.25) is 0 Å². The second-order valence-corrected chi connectivity index (χ2v) is 4.26. The van der Waals surface area contributed by atoms with Crippen molar-refractivity contribution in [3.05, 3.63) is 27.9 Å². The Morgan fingerprint density at radius 3 is 2.78 bits per heavy atom. The van der Waals surface area contributed by atoms with Gasteiger partial charge in [0.05, 0.1) is 4.92 Å². The molecule has 0 saturated carbocycles. The normalized spacial score (nSPS) is 10.4. The quantitative estimate of drug-likeness (QED) is 0.594. The molecule has 98 valence electrons. The largest absolute Gasteiger partial charge is 0.477 e. The minimum Gasteiger partial charge on any atom is -0.477 e. The van der Waals surface area contributed by atoms with Crippen LogP contribution < -0.4 is 5.32 Å². The Balaban J connectivity index is 2.87. The summed E-state index contributed by atoms with van der Waals surface area (Å²) >= 11 is 0. The topological polar surface area (TPSA) is 105 Å². The fraction of sp³-hybridized carbons (Fsp3) is 0.455. The Labute approximate surface area is 104 Å². The summed E-state index contributed by atoms with van der Waals surface area (Å²) < 4.78 is 0. The number of nitro groups is 1. The Bertz CT molecular complexity index is 460. The first kappa shape index (κ1) is 13.9. The maximum absolute atomic E-state index is 10.9. The van der Waals surface area contributed by atoms with Gasteiger partial charge >= 0.3 is 11.7 Å². The van der Waals surface area contributed by atoms with Crippen molar-refractivity contribution in [2.24, 2.45) is 5.92 Å². The van der Waals surface area contributed by atoms with E-state index in [4.69, 9.17) is 5.11 Å². The van der Waals surface area contributed by atoms with Crippen molar-refractivity contribution < 1.29 is 14.8 Å². The smallest absolute Gasteiger partial charge is 0.342 e. The van der Waals surface area contributed by atoms with E-state index in [0.717, 1.165) is 12.6 Å². The number of pyridine rings is 1. The van der Waals surface area contributed by atoms with Crippen molar-refractivity contribution in [3.8, 4) is 0 Å². The number of carboxylic acid groups (broad SMARTS) is 1. The number of rotatable bonds is 6. The van der Waals surface area contributed by atoms with Gasteiger partial charge in [-0.1, -0.05) is 13.8 Å². The Morgan fingerprint density at radius 2 is 2.28 bits per heavy atom. The van der Waals surface area contributed by atoms with E-state index in [2.05, 4.69) is 24.1 Å². The van der Waals surface area contributed by atoms with Crippen LogP contribution in [0.25, 0.3) is 0 Å². The van der Waals surface area contributed by atoms with Crippen molar-refractivity contribution in [1.29, 1.82) is 0 Å². The van der Waals surface area contributed by atoms with Crippen molar-refractivity contribution in [2.75, 3.05) is 11.9 Å². The molecule has 1 aromatic rings. The SMILES string of the molecule is CC(C)CCNc1cc(C(=O)O)c([N+](=O)[O-])cn1. The van der Waals surface area contributed by atoms with Crippen molar-refractivity contribution >= 4 is 17.5 Å². The second-order valence-electron chi connectivity index (χ2n) is 4.26. The van der Waals surface area contributed by atoms with Gasteiger partial charge < -0.3 is 10.4 Å². The van der Waals surface area contributed by atoms with Crippen LogP contribution in [0.1, 0.15) is 30.6 Å². The second kappa shape index (κ2) is 5.95. The van der Waals surface area contributed by atoms with Crippen LogP contribution >= 0.6 is 0 Å². The summed E-state index contributed by atoms with van der Waals surface area (Å²) in [6, 6.07) is 1.18. The van der Waals surface area contributed by atoms with Gasteiger partial charge in [0, 0.05) is 12.6 Å². The van der Waals surface area contributed by atoms with E-state index in [9.17, 15) is 14.9 Å². The summed E-state index contributed by atoms with van der Waals surface area (Å²) in [5.74, 6) is -0.496. The molecule has 0 saturated heterocycles. The number of aromatic nitrogens is 1. The van der Waals surface area contributed by atoms with Crippen LogP contribution in [0.3, 0.4) is 0 Å². The fourth-order valence-electron chi connectivity index (χ4n) is 1.35. The molecule has 0 atom stereocenters. The van der Waals surface area contributed by atoms with E-state index < -0.39 is 16.6 Å². The zero-order chi connectivity index (χ0) is 13.7. The standard InChI is InChI=1S/C11H15N3O4/c1-7(2)3-4-12-10-5-8(11(15)16)9(6-13-10)14(17)18/h5-7H,3-4H2,1-2H3,(H,12,13)(H,15,16). The lowest BCUT2D eigenvalue weighted by molar-refractivity contribution is -0.385. The highest BCUT2D eigenvalue weighted by Crippen LogP contribution is 2.20. The molecule has 0 bridgehead atoms. The summed E-state index contributed by atoms with van der Waals surface area (Å²) in [5, 5.41) is 22.5. The molecule has 1 heterocycles. The summed E-state index contributed by atoms with van der Waals surface area (Å²) in [6.45, 7) is 4.77. The average Bonchev–Trinajstić information content (AvgIpc) is 2.28. The molecule has 0 aliphatic heterocycles. The van der Waals surface area contributed by atoms with Crippen molar-refractivity contribution in [2.45, 2.75) is 20.3 Å². The highest BCUT2D eigenvalue weighted by Gasteiger charge is 2.20. The highest BCUT2D eigenvalue weighted by molar-refractivity contribution is 5.93. The molecule has 0 radical (unpaired) electrons. The van der Waals surface area contributed by atoms with E-state index in [-0.39, 0.29) is 5.56 Å². The van der Waals surface area contributed by atoms with Crippen LogP contribution in [0.4, 0.5) is 11.5 Å². The molecule has 1 rings (SSSR count). The first-order valence-corrected chi connectivity index (χ1v) is 5.53. The number of carboxylic acids is 1. The lowest BCUT2D eigenvalue weighted by Crippen LogP contribution is -2.09. The zero-order valence-corrected chi connectivity index (χ0v) is 10.2. The van der Waals surface area contributed by atoms with Crippen LogP contribution in [-0.4, -0.2) is 27.5 Å². The van der Waals surface area contributed by atoms with E-state index in [1.54, 1.807) is 0 Å². The highest BCUT2D eigenvalue weighted by atomic mass is 16.6. The summed E-state index contributed by atoms with van der Waals surface area (Å²) in [6.07, 6.45) is 1.86. The third kappa shape index (κ3) is 3.69. The van der Waals surface area contributed by atoms with E-state index in [0.29, 0.717) is 18.3 Å². The van der Waals surface area contributed by atoms with E-state index in [1.165, 1.54) is 6.07 Å². The molecule has 2 N–H and O–H groups in total. The first-order chi connectivity index (χ1) is 8.41. The van der Waals surface area contributed by atoms with Gasteiger partial charge in [-0.25, -0.2) is 9.78 Å². The number of carbonyl (C=O) groups is 1. The predicted octanol–water partition coefficient (Wildman–Crippen LogP) is 2.15. The molecule has 0 aromatic carbocycles. The third-order valence-electron chi connectivity index (χ3n) is 2.34. The van der Waals surface area contributed by atoms with Gasteiger partial charge in [0.1, 0.15) is 17.6 Å². The molecular formula is C11H15N3O4. The van der Waals surface area contributed by atoms with Gasteiger partial charge in [-0.2, -0.15) is 0 Å². The summed E-state index contributed by atoms with van der Waals surface area (Å²) in [4.78, 5) is 24.6. The van der Waals surface area contributed by atoms with Crippen molar-refractivity contribution in [1.82, 2.24) is 4.98 Å². The van der Waals surface area contributed by atoms with Crippen LogP contribution in [0.15, 0.2) is 12.3 Å². The predicted molar refractivity (Wildman–Crippen MR) is 65.8 cm³/mol. The molecule has 0 aliphatic carbocycles. The van der Waals surface area contributed by atoms with Gasteiger partial charge in [-0.05, 0) is 12.3 Å². The number of nitrogens with one attached hydrogen (secondary N) is 1. The molecule has 0 amide bonds. The molecule has 1 aromatic heterocycles. The maximum Gasteiger partial charge on any atom is 0.342 e. The lowest BCUT2D eigenvalue weighted by atomic mass is 10.1. The fourth-order valence-corrected chi connectivity index (χ4v) is 1.35. The minimum absolute atomic E-state index is 0.332. The summed E-state index contributed by atoms with van der Waals surface area (Å²) in [7, 11) is 0. The monoisotopic (exact) mass is 253 g/mol. The molecular weight excluding hydrogens is 238 g/mol. The molecule has 18 heavy (non-hydrogen) atoms. The van der Waals surface area contributed by atoms with E-state index in [1.807, 2.05) is 0 Å². The number of hydrogen-bond donors (Lipinski definition) is 2. The van der Waals surface area contributed by atoms with Crippen LogP contribution in [0, 0.1) is 16.0 Å². The average molecular weight is 253 g/mol. The third-order valence-corrected chi connectivity index (χ3v) is 2.34. The van der Waals surface area contributed by atoms with Gasteiger partial charge in [0.25, 0.3) is 0 Å². The first-order valence-electron chi connectivity index (χ1n) is 5.53. The van der Waals surface area contributed by atoms with E-state index >= 15 is 0 Å². The molecule has 7 heteroatoms. The molecule has 7 nitrogen and oxygen atoms in total. The molecule has 0 spiro atoms. The Kier molecular flexibility index (Phi) is 4.59. The zero-order valence-electron chi connectivity index (χ0n) is 10.2. The number of nitrogens with zero attached hydrogens (tertiary/aromatic N) is 2. The van der Waals surface area contributed by atoms with Gasteiger partial charge in [0.2, 0.25) is 0 Å². The van der Waals surface area contributed by atoms with Crippen molar-refractivity contribution in [3.63, 3.8) is 0 Å². The molecule has 0 unspecified atom stereocenters. The van der Waals surface area contributed by atoms with Crippen LogP contribution in [0.5, 0.6) is 0 Å². The molecule has 0 fully saturated rings. The molecule has 0 aliphatic rings. The van der Waals surface area contributed by atoms with Gasteiger partial charge in [-0.15, -0.1) is 0 Å². The number of anilines is 1. The Morgan fingerprint density at radius 1 is 1.61 bits per heavy atom. The lowest BCUT2D eigenvalue weighted by Gasteiger charge is -2.08. The van der Waals surface area contributed by atoms with Gasteiger partial charge in [-0.3, -0.25) is 10.1 Å². The minimum atomic E-state index is -1.34. The maximum atomic E-state index is 10.9.